The van der Waals surface area contributed by atoms with Gasteiger partial charge in [-0.2, -0.15) is 0 Å². The number of hydrogen-bond acceptors (Lipinski definition) is 8. The van der Waals surface area contributed by atoms with Crippen molar-refractivity contribution < 1.29 is 36.2 Å². The van der Waals surface area contributed by atoms with E-state index in [1.165, 1.54) is 23.2 Å². The van der Waals surface area contributed by atoms with Crippen molar-refractivity contribution in [1.82, 2.24) is 19.9 Å². The number of aromatic nitrogens is 3. The highest BCUT2D eigenvalue weighted by atomic mass is 32.2. The summed E-state index contributed by atoms with van der Waals surface area (Å²) in [5.74, 6) is -0.869. The zero-order valence-corrected chi connectivity index (χ0v) is 25.2. The van der Waals surface area contributed by atoms with Gasteiger partial charge in [-0.1, -0.05) is 19.1 Å². The lowest BCUT2D eigenvalue weighted by Gasteiger charge is -2.35. The number of aryl methyl sites for hydroxylation is 1. The van der Waals surface area contributed by atoms with Gasteiger partial charge in [0.05, 0.1) is 22.7 Å². The quantitative estimate of drug-likeness (QED) is 0.186. The number of anilines is 2. The maximum atomic E-state index is 14.9. The van der Waals surface area contributed by atoms with Gasteiger partial charge >= 0.3 is 6.09 Å². The summed E-state index contributed by atoms with van der Waals surface area (Å²) in [6.45, 7) is 4.48. The highest BCUT2D eigenvalue weighted by Crippen LogP contribution is 2.39. The number of nitrogens with zero attached hydrogens (tertiary/aromatic N) is 4. The zero-order chi connectivity index (χ0) is 32.3. The Kier molecular flexibility index (Phi) is 9.27. The number of halogens is 3. The minimum atomic E-state index is -4.27. The average Bonchev–Trinajstić information content (AvgIpc) is 2.99. The van der Waals surface area contributed by atoms with Crippen LogP contribution in [0.3, 0.4) is 0 Å². The lowest BCUT2D eigenvalue weighted by atomic mass is 9.96. The van der Waals surface area contributed by atoms with Gasteiger partial charge in [-0.15, -0.1) is 0 Å². The number of rotatable bonds is 10. The Bertz CT molecular complexity index is 1830. The standard InChI is InChI=1S/C30H31F3N6O5S/c1-17-14-19(16-39(15-17)30(40)41)36-29-35-12-9-24(37-29)22-4-3-11-34-28(22)44-27-18(2)5-6-20-21(27)7-8-23(31)26(20)38-45(42,43)13-10-25(32)33/h3-9,11-12,17,19,25,38H,10,13-16H2,1-2H3,(H,40,41)(H,35,36,37)/t17-,19+/m1/s1. The van der Waals surface area contributed by atoms with Gasteiger partial charge in [-0.3, -0.25) is 4.72 Å². The molecule has 2 aromatic carbocycles. The molecule has 2 aromatic heterocycles. The van der Waals surface area contributed by atoms with Gasteiger partial charge in [-0.25, -0.2) is 41.3 Å². The van der Waals surface area contributed by atoms with E-state index in [0.717, 1.165) is 12.5 Å². The van der Waals surface area contributed by atoms with Crippen LogP contribution in [0.25, 0.3) is 22.0 Å². The van der Waals surface area contributed by atoms with Crippen LogP contribution in [0.1, 0.15) is 25.3 Å². The van der Waals surface area contributed by atoms with E-state index in [1.54, 1.807) is 37.4 Å². The third-order valence-corrected chi connectivity index (χ3v) is 8.61. The third-order valence-electron chi connectivity index (χ3n) is 7.32. The number of pyridine rings is 1. The first-order valence-electron chi connectivity index (χ1n) is 14.1. The summed E-state index contributed by atoms with van der Waals surface area (Å²) in [7, 11) is -4.27. The van der Waals surface area contributed by atoms with E-state index < -0.39 is 40.5 Å². The number of likely N-dealkylation sites (tertiary alicyclic amines) is 1. The van der Waals surface area contributed by atoms with Gasteiger partial charge in [0.15, 0.2) is 0 Å². The van der Waals surface area contributed by atoms with Crippen molar-refractivity contribution in [2.24, 2.45) is 5.92 Å². The lowest BCUT2D eigenvalue weighted by Crippen LogP contribution is -2.47. The Morgan fingerprint density at radius 1 is 1.11 bits per heavy atom. The number of piperidine rings is 1. The van der Waals surface area contributed by atoms with E-state index in [0.29, 0.717) is 41.2 Å². The molecule has 0 radical (unpaired) electrons. The third kappa shape index (κ3) is 7.53. The van der Waals surface area contributed by atoms with Crippen LogP contribution in [0, 0.1) is 18.7 Å². The molecule has 1 aliphatic rings. The SMILES string of the molecule is Cc1ccc2c(NS(=O)(=O)CCC(F)F)c(F)ccc2c1Oc1ncccc1-c1ccnc(N[C@H]2C[C@@H](C)CN(C(=O)O)C2)n1. The smallest absolute Gasteiger partial charge is 0.407 e. The van der Waals surface area contributed by atoms with Crippen molar-refractivity contribution in [2.75, 3.05) is 28.9 Å². The molecule has 4 aromatic rings. The van der Waals surface area contributed by atoms with Crippen LogP contribution < -0.4 is 14.8 Å². The summed E-state index contributed by atoms with van der Waals surface area (Å²) in [4.78, 5) is 26.2. The largest absolute Gasteiger partial charge is 0.465 e. The van der Waals surface area contributed by atoms with E-state index in [-0.39, 0.29) is 34.7 Å². The molecule has 5 rings (SSSR count). The lowest BCUT2D eigenvalue weighted by molar-refractivity contribution is 0.119. The first-order chi connectivity index (χ1) is 21.4. The van der Waals surface area contributed by atoms with Crippen LogP contribution in [-0.4, -0.2) is 70.8 Å². The maximum absolute atomic E-state index is 14.9. The van der Waals surface area contributed by atoms with Crippen molar-refractivity contribution in [3.63, 3.8) is 0 Å². The molecule has 0 bridgehead atoms. The number of amides is 1. The highest BCUT2D eigenvalue weighted by molar-refractivity contribution is 7.92. The second-order valence-electron chi connectivity index (χ2n) is 10.9. The Balaban J connectivity index is 1.46. The van der Waals surface area contributed by atoms with E-state index in [1.807, 2.05) is 6.92 Å². The predicted octanol–water partition coefficient (Wildman–Crippen LogP) is 6.13. The van der Waals surface area contributed by atoms with Gasteiger partial charge in [0.2, 0.25) is 28.3 Å². The van der Waals surface area contributed by atoms with Crippen LogP contribution in [0.15, 0.2) is 54.9 Å². The summed E-state index contributed by atoms with van der Waals surface area (Å²) in [5, 5.41) is 13.2. The minimum Gasteiger partial charge on any atom is -0.465 e. The first kappa shape index (κ1) is 31.8. The molecule has 1 aliphatic heterocycles. The predicted molar refractivity (Wildman–Crippen MR) is 163 cm³/mol. The second kappa shape index (κ2) is 13.1. The fourth-order valence-corrected chi connectivity index (χ4v) is 6.40. The normalized spacial score (nSPS) is 17.0. The summed E-state index contributed by atoms with van der Waals surface area (Å²) < 4.78 is 73.5. The number of carbonyl (C=O) groups is 1. The molecule has 1 amide bonds. The van der Waals surface area contributed by atoms with Gasteiger partial charge < -0.3 is 20.1 Å². The molecule has 15 heteroatoms. The van der Waals surface area contributed by atoms with Crippen molar-refractivity contribution in [1.29, 1.82) is 0 Å². The molecule has 0 saturated carbocycles. The molecule has 1 fully saturated rings. The van der Waals surface area contributed by atoms with Crippen LogP contribution in [-0.2, 0) is 10.0 Å². The van der Waals surface area contributed by atoms with Gasteiger partial charge in [0, 0.05) is 48.7 Å². The first-order valence-corrected chi connectivity index (χ1v) is 15.8. The minimum absolute atomic E-state index is 0.153. The summed E-state index contributed by atoms with van der Waals surface area (Å²) in [5.41, 5.74) is 1.22. The van der Waals surface area contributed by atoms with E-state index >= 15 is 0 Å². The Morgan fingerprint density at radius 3 is 2.64 bits per heavy atom. The monoisotopic (exact) mass is 644 g/mol. The fraction of sp³-hybridized carbons (Fsp3) is 0.333. The molecule has 3 heterocycles. The number of hydrogen-bond donors (Lipinski definition) is 3. The molecule has 0 aliphatic carbocycles. The van der Waals surface area contributed by atoms with Crippen LogP contribution in [0.5, 0.6) is 11.6 Å². The van der Waals surface area contributed by atoms with Gasteiger partial charge in [0.25, 0.3) is 0 Å². The van der Waals surface area contributed by atoms with E-state index in [4.69, 9.17) is 4.74 Å². The summed E-state index contributed by atoms with van der Waals surface area (Å²) in [6.07, 6.45) is -0.882. The number of carboxylic acid groups (broad SMARTS) is 1. The number of alkyl halides is 2. The number of nitrogens with one attached hydrogen (secondary N) is 2. The second-order valence-corrected chi connectivity index (χ2v) is 12.8. The molecule has 11 nitrogen and oxygen atoms in total. The van der Waals surface area contributed by atoms with E-state index in [9.17, 15) is 31.5 Å². The van der Waals surface area contributed by atoms with E-state index in [2.05, 4.69) is 25.0 Å². The number of benzene rings is 2. The van der Waals surface area contributed by atoms with Gasteiger partial charge in [-0.05, 0) is 55.2 Å². The molecule has 45 heavy (non-hydrogen) atoms. The Labute approximate surface area is 257 Å². The molecule has 2 atom stereocenters. The average molecular weight is 645 g/mol. The molecule has 238 valence electrons. The Hall–Kier alpha value is -4.66. The van der Waals surface area contributed by atoms with Crippen LogP contribution in [0.2, 0.25) is 0 Å². The molecule has 1 saturated heterocycles. The van der Waals surface area contributed by atoms with Crippen LogP contribution in [0.4, 0.5) is 29.6 Å². The molecular formula is C30H31F3N6O5S. The zero-order valence-electron chi connectivity index (χ0n) is 24.4. The van der Waals surface area contributed by atoms with Crippen molar-refractivity contribution >= 4 is 38.5 Å². The van der Waals surface area contributed by atoms with Crippen molar-refractivity contribution in [3.05, 3.63) is 66.2 Å². The molecular weight excluding hydrogens is 613 g/mol. The van der Waals surface area contributed by atoms with Crippen LogP contribution >= 0.6 is 0 Å². The molecule has 0 spiro atoms. The number of sulfonamides is 1. The summed E-state index contributed by atoms with van der Waals surface area (Å²) in [6, 6.07) is 10.6. The van der Waals surface area contributed by atoms with Gasteiger partial charge in [0.1, 0.15) is 11.6 Å². The van der Waals surface area contributed by atoms with Crippen molar-refractivity contribution in [3.8, 4) is 22.9 Å². The summed E-state index contributed by atoms with van der Waals surface area (Å²) >= 11 is 0. The fourth-order valence-electron chi connectivity index (χ4n) is 5.29. The number of fused-ring (bicyclic) bond motifs is 1. The Morgan fingerprint density at radius 2 is 1.89 bits per heavy atom. The molecule has 3 N–H and O–H groups in total. The van der Waals surface area contributed by atoms with Crippen molar-refractivity contribution in [2.45, 2.75) is 39.2 Å². The topological polar surface area (TPSA) is 147 Å². The molecule has 0 unspecified atom stereocenters. The maximum Gasteiger partial charge on any atom is 0.407 e. The highest BCUT2D eigenvalue weighted by Gasteiger charge is 2.28. The number of ether oxygens (including phenoxy) is 1.